The molecule has 2 aromatic heterocycles. The highest BCUT2D eigenvalue weighted by atomic mass is 19.1. The van der Waals surface area contributed by atoms with Crippen LogP contribution in [0.1, 0.15) is 32.1 Å². The number of aromatic nitrogens is 3. The molecule has 0 aliphatic carbocycles. The van der Waals surface area contributed by atoms with Crippen molar-refractivity contribution in [3.8, 4) is 23.0 Å². The van der Waals surface area contributed by atoms with Crippen molar-refractivity contribution in [2.24, 2.45) is 0 Å². The Morgan fingerprint density at radius 3 is 2.70 bits per heavy atom. The van der Waals surface area contributed by atoms with E-state index in [1.54, 1.807) is 12.3 Å². The topological polar surface area (TPSA) is 86.6 Å². The van der Waals surface area contributed by atoms with Gasteiger partial charge >= 0.3 is 6.01 Å². The molecule has 4 heterocycles. The number of benzene rings is 2. The molecule has 0 bridgehead atoms. The average Bonchev–Trinajstić information content (AvgIpc) is 3.52. The number of halogens is 1. The van der Waals surface area contributed by atoms with Crippen molar-refractivity contribution < 1.29 is 14.2 Å². The van der Waals surface area contributed by atoms with Crippen LogP contribution in [0.25, 0.3) is 32.9 Å². The van der Waals surface area contributed by atoms with Crippen molar-refractivity contribution in [3.05, 3.63) is 60.7 Å². The fourth-order valence-corrected chi connectivity index (χ4v) is 6.12. The Bertz CT molecular complexity index is 1580. The molecular weight excluding hydrogens is 507 g/mol. The summed E-state index contributed by atoms with van der Waals surface area (Å²) in [5.74, 6) is -0.0672. The molecule has 2 saturated heterocycles. The van der Waals surface area contributed by atoms with Crippen LogP contribution >= 0.6 is 0 Å². The molecule has 8 nitrogen and oxygen atoms in total. The number of aromatic hydroxyl groups is 1. The summed E-state index contributed by atoms with van der Waals surface area (Å²) in [5.41, 5.74) is 1.72. The van der Waals surface area contributed by atoms with Crippen LogP contribution in [-0.4, -0.2) is 75.7 Å². The van der Waals surface area contributed by atoms with E-state index in [1.165, 1.54) is 6.07 Å². The lowest BCUT2D eigenvalue weighted by Gasteiger charge is -2.31. The Balaban J connectivity index is 1.40. The van der Waals surface area contributed by atoms with E-state index in [2.05, 4.69) is 31.7 Å². The molecule has 0 saturated carbocycles. The third-order valence-electron chi connectivity index (χ3n) is 8.38. The molecule has 40 heavy (non-hydrogen) atoms. The van der Waals surface area contributed by atoms with Gasteiger partial charge < -0.3 is 20.1 Å². The molecule has 0 amide bonds. The van der Waals surface area contributed by atoms with Crippen LogP contribution in [0.15, 0.2) is 54.9 Å². The zero-order valence-electron chi connectivity index (χ0n) is 23.1. The van der Waals surface area contributed by atoms with Crippen molar-refractivity contribution >= 4 is 27.5 Å². The van der Waals surface area contributed by atoms with E-state index in [4.69, 9.17) is 4.74 Å². The quantitative estimate of drug-likeness (QED) is 0.284. The fourth-order valence-electron chi connectivity index (χ4n) is 6.12. The van der Waals surface area contributed by atoms with Crippen LogP contribution in [0.3, 0.4) is 0 Å². The summed E-state index contributed by atoms with van der Waals surface area (Å²) >= 11 is 0. The molecule has 2 N–H and O–H groups in total. The maximum absolute atomic E-state index is 16.3. The van der Waals surface area contributed by atoms with E-state index in [9.17, 15) is 5.11 Å². The summed E-state index contributed by atoms with van der Waals surface area (Å²) in [5, 5.41) is 15.8. The van der Waals surface area contributed by atoms with Gasteiger partial charge in [-0.3, -0.25) is 9.88 Å². The lowest BCUT2D eigenvalue weighted by molar-refractivity contribution is 0.108. The lowest BCUT2D eigenvalue weighted by atomic mass is 9.95. The number of ether oxygens (including phenoxy) is 1. The number of nitrogens with zero attached hydrogens (tertiary/aromatic N) is 5. The van der Waals surface area contributed by atoms with Gasteiger partial charge in [-0.15, -0.1) is 0 Å². The summed E-state index contributed by atoms with van der Waals surface area (Å²) in [6.45, 7) is 7.30. The molecular formula is C31H35FN6O2. The first-order chi connectivity index (χ1) is 19.3. The van der Waals surface area contributed by atoms with Gasteiger partial charge in [-0.2, -0.15) is 9.97 Å². The minimum absolute atomic E-state index is 0.0117. The van der Waals surface area contributed by atoms with Crippen LogP contribution in [0, 0.1) is 5.82 Å². The number of phenolic OH excluding ortho intramolecular Hbond substituents is 1. The number of fused-ring (bicyclic) bond motifs is 3. The van der Waals surface area contributed by atoms with Crippen LogP contribution in [-0.2, 0) is 0 Å². The first-order valence-electron chi connectivity index (χ1n) is 13.9. The third-order valence-corrected chi connectivity index (χ3v) is 8.38. The highest BCUT2D eigenvalue weighted by molar-refractivity contribution is 5.99. The predicted octanol–water partition coefficient (Wildman–Crippen LogP) is 5.57. The van der Waals surface area contributed by atoms with Gasteiger partial charge in [0.2, 0.25) is 0 Å². The second-order valence-electron chi connectivity index (χ2n) is 11.1. The second-order valence-corrected chi connectivity index (χ2v) is 11.1. The number of phenols is 1. The first-order valence-corrected chi connectivity index (χ1v) is 13.9. The molecule has 9 heteroatoms. The highest BCUT2D eigenvalue weighted by Crippen LogP contribution is 2.40. The molecule has 4 aromatic rings. The summed E-state index contributed by atoms with van der Waals surface area (Å²) < 4.78 is 22.6. The van der Waals surface area contributed by atoms with Gasteiger partial charge in [0, 0.05) is 44.5 Å². The molecule has 2 fully saturated rings. The molecule has 0 unspecified atom stereocenters. The Kier molecular flexibility index (Phi) is 6.92. The van der Waals surface area contributed by atoms with Gasteiger partial charge in [0.15, 0.2) is 5.82 Å². The number of hydrogen-bond donors (Lipinski definition) is 2. The van der Waals surface area contributed by atoms with Gasteiger partial charge in [-0.1, -0.05) is 30.8 Å². The maximum atomic E-state index is 16.3. The highest BCUT2D eigenvalue weighted by Gasteiger charge is 2.45. The molecule has 208 valence electrons. The Hall–Kier alpha value is -3.98. The number of anilines is 1. The number of rotatable bonds is 9. The standard InChI is InChI=1S/C31H35FN6O2/c1-20(37(2)3)10-13-33-29-25-18-34-27(24-17-22(39)16-21-8-4-5-9-23(21)24)26(32)28(25)35-30(36-29)40-19-31-11-6-14-38(31)15-7-12-31/h4-5,8-9,16-18,39H,1,6-7,10-15,19H2,2-3H3,(H,33,35,36). The summed E-state index contributed by atoms with van der Waals surface area (Å²) in [6.07, 6.45) is 6.78. The minimum atomic E-state index is -0.581. The Morgan fingerprint density at radius 2 is 1.93 bits per heavy atom. The van der Waals surface area contributed by atoms with E-state index in [1.807, 2.05) is 43.3 Å². The van der Waals surface area contributed by atoms with E-state index >= 15 is 4.39 Å². The van der Waals surface area contributed by atoms with Crippen molar-refractivity contribution in [1.29, 1.82) is 0 Å². The molecule has 0 radical (unpaired) electrons. The van der Waals surface area contributed by atoms with Gasteiger partial charge in [0.05, 0.1) is 10.9 Å². The number of hydrogen-bond acceptors (Lipinski definition) is 8. The minimum Gasteiger partial charge on any atom is -0.508 e. The Labute approximate surface area is 233 Å². The first kappa shape index (κ1) is 26.3. The zero-order chi connectivity index (χ0) is 27.9. The van der Waals surface area contributed by atoms with Crippen molar-refractivity contribution in [3.63, 3.8) is 0 Å². The summed E-state index contributed by atoms with van der Waals surface area (Å²) in [7, 11) is 3.91. The molecule has 2 aromatic carbocycles. The maximum Gasteiger partial charge on any atom is 0.319 e. The summed E-state index contributed by atoms with van der Waals surface area (Å²) in [6, 6.07) is 10.9. The molecule has 0 spiro atoms. The van der Waals surface area contributed by atoms with Crippen LogP contribution in [0.5, 0.6) is 11.8 Å². The summed E-state index contributed by atoms with van der Waals surface area (Å²) in [4.78, 5) is 18.2. The molecule has 6 rings (SSSR count). The van der Waals surface area contributed by atoms with E-state index < -0.39 is 5.82 Å². The van der Waals surface area contributed by atoms with Gasteiger partial charge in [0.1, 0.15) is 29.4 Å². The SMILES string of the molecule is C=C(CCNc1nc(OCC23CCCN2CCC3)nc2c(F)c(-c3cc(O)cc4ccccc34)ncc12)N(C)C. The average molecular weight is 543 g/mol. The number of pyridine rings is 1. The van der Waals surface area contributed by atoms with Crippen LogP contribution in [0.4, 0.5) is 10.2 Å². The predicted molar refractivity (Wildman–Crippen MR) is 156 cm³/mol. The van der Waals surface area contributed by atoms with Gasteiger partial charge in [-0.25, -0.2) is 4.39 Å². The number of nitrogens with one attached hydrogen (secondary N) is 1. The largest absolute Gasteiger partial charge is 0.508 e. The molecule has 2 aliphatic rings. The van der Waals surface area contributed by atoms with E-state index in [0.717, 1.165) is 55.2 Å². The third kappa shape index (κ3) is 4.79. The van der Waals surface area contributed by atoms with Crippen molar-refractivity contribution in [1.82, 2.24) is 24.8 Å². The smallest absolute Gasteiger partial charge is 0.319 e. The molecule has 2 aliphatic heterocycles. The monoisotopic (exact) mass is 542 g/mol. The van der Waals surface area contributed by atoms with Crippen LogP contribution in [0.2, 0.25) is 0 Å². The van der Waals surface area contributed by atoms with Crippen molar-refractivity contribution in [2.75, 3.05) is 45.7 Å². The van der Waals surface area contributed by atoms with Crippen LogP contribution < -0.4 is 10.1 Å². The zero-order valence-corrected chi connectivity index (χ0v) is 23.1. The normalized spacial score (nSPS) is 16.4. The lowest BCUT2D eigenvalue weighted by Crippen LogP contribution is -2.43. The molecule has 0 atom stereocenters. The van der Waals surface area contributed by atoms with Gasteiger partial charge in [0.25, 0.3) is 0 Å². The Morgan fingerprint density at radius 1 is 1.15 bits per heavy atom. The fraction of sp³-hybridized carbons (Fsp3) is 0.387. The van der Waals surface area contributed by atoms with Crippen molar-refractivity contribution in [2.45, 2.75) is 37.6 Å². The second kappa shape index (κ2) is 10.5. The van der Waals surface area contributed by atoms with Gasteiger partial charge in [-0.05, 0) is 61.7 Å². The van der Waals surface area contributed by atoms with E-state index in [-0.39, 0.29) is 28.5 Å². The van der Waals surface area contributed by atoms with E-state index in [0.29, 0.717) is 36.3 Å².